The highest BCUT2D eigenvalue weighted by molar-refractivity contribution is 7.89. The van der Waals surface area contributed by atoms with Gasteiger partial charge in [-0.15, -0.1) is 0 Å². The van der Waals surface area contributed by atoms with E-state index in [1.165, 1.54) is 57.1 Å². The van der Waals surface area contributed by atoms with Crippen molar-refractivity contribution >= 4 is 66.8 Å². The van der Waals surface area contributed by atoms with Crippen molar-refractivity contribution in [1.29, 1.82) is 0 Å². The van der Waals surface area contributed by atoms with Gasteiger partial charge in [-0.25, -0.2) is 16.8 Å². The van der Waals surface area contributed by atoms with Crippen LogP contribution in [0.15, 0.2) is 70.2 Å². The molecule has 13 nitrogen and oxygen atoms in total. The number of carbonyl (C=O) groups excluding carboxylic acids is 4. The van der Waals surface area contributed by atoms with Crippen LogP contribution in [0.5, 0.6) is 0 Å². The molecule has 2 aromatic rings. The summed E-state index contributed by atoms with van der Waals surface area (Å²) in [5.41, 5.74) is -0.00205. The zero-order valence-electron chi connectivity index (χ0n) is 28.5. The SMILES string of the molecule is C.C.CCOC(=O)C1CC2CC(=O)/C(=C\O)C(C1)N2S(=O)(=O)c1ccc(Cl)cc1.CCOC(=O)C1CC2CC(=O)CC(C1)N2S(=O)(=O)c1ccc(Cl)cc1. The number of fused-ring (bicyclic) bond motifs is 4. The van der Waals surface area contributed by atoms with Crippen LogP contribution in [0.3, 0.4) is 0 Å². The maximum Gasteiger partial charge on any atom is 0.309 e. The standard InChI is InChI=1S/C18H20ClNO6S.C17H20ClNO5S.2CH4/c1-2-26-18(23)11-7-13-9-17(22)15(10-21)16(8-11)20(13)27(24,25)14-5-3-12(19)4-6-14;1-2-24-17(21)11-7-13-9-15(20)10-14(8-11)19(13)25(22,23)16-5-3-12(18)4-6-16;;/h3-6,10-11,13,16,21H,2,7-9H2,1H3;3-6,11,13-14H,2,7-10H2,1H3;2*1H4/b15-10-;;;. The van der Waals surface area contributed by atoms with Crippen LogP contribution in [-0.2, 0) is 48.7 Å². The van der Waals surface area contributed by atoms with Gasteiger partial charge in [-0.3, -0.25) is 19.2 Å². The van der Waals surface area contributed by atoms with Crippen LogP contribution in [0.2, 0.25) is 10.0 Å². The number of ketones is 2. The Morgan fingerprint density at radius 2 is 1.09 bits per heavy atom. The molecule has 4 fully saturated rings. The Labute approximate surface area is 327 Å². The van der Waals surface area contributed by atoms with E-state index in [9.17, 15) is 41.1 Å². The Morgan fingerprint density at radius 1 is 0.704 bits per heavy atom. The van der Waals surface area contributed by atoms with Crippen LogP contribution >= 0.6 is 23.2 Å². The lowest BCUT2D eigenvalue weighted by Crippen LogP contribution is -2.58. The number of Topliss-reactive ketones (excluding diaryl/α,β-unsaturated/α-hetero) is 2. The van der Waals surface area contributed by atoms with Crippen LogP contribution < -0.4 is 0 Å². The van der Waals surface area contributed by atoms with Crippen molar-refractivity contribution in [3.63, 3.8) is 0 Å². The summed E-state index contributed by atoms with van der Waals surface area (Å²) in [6.07, 6.45) is 1.75. The minimum absolute atomic E-state index is 0. The molecule has 1 N–H and O–H groups in total. The first-order valence-electron chi connectivity index (χ1n) is 16.9. The van der Waals surface area contributed by atoms with Gasteiger partial charge in [0.05, 0.1) is 47.1 Å². The number of piperidine rings is 4. The molecule has 4 bridgehead atoms. The number of benzene rings is 2. The van der Waals surface area contributed by atoms with E-state index >= 15 is 0 Å². The predicted molar refractivity (Wildman–Crippen MR) is 203 cm³/mol. The van der Waals surface area contributed by atoms with Gasteiger partial charge in [0.15, 0.2) is 5.78 Å². The molecule has 4 saturated heterocycles. The number of halogens is 2. The predicted octanol–water partition coefficient (Wildman–Crippen LogP) is 6.13. The Bertz CT molecular complexity index is 1920. The maximum atomic E-state index is 13.2. The Morgan fingerprint density at radius 3 is 1.50 bits per heavy atom. The van der Waals surface area contributed by atoms with Gasteiger partial charge >= 0.3 is 11.9 Å². The van der Waals surface area contributed by atoms with Crippen LogP contribution in [0.4, 0.5) is 0 Å². The molecular formula is C37H48Cl2N2O11S2. The minimum Gasteiger partial charge on any atom is -0.515 e. The summed E-state index contributed by atoms with van der Waals surface area (Å²) in [5.74, 6) is -1.88. The van der Waals surface area contributed by atoms with Gasteiger partial charge in [0.2, 0.25) is 20.0 Å². The highest BCUT2D eigenvalue weighted by Gasteiger charge is 2.52. The normalized spacial score (nSPS) is 26.3. The second kappa shape index (κ2) is 18.5. The molecule has 54 heavy (non-hydrogen) atoms. The van der Waals surface area contributed by atoms with E-state index in [0.29, 0.717) is 29.1 Å². The fourth-order valence-electron chi connectivity index (χ4n) is 7.60. The average Bonchev–Trinajstić information content (AvgIpc) is 3.08. The second-order valence-electron chi connectivity index (χ2n) is 13.1. The van der Waals surface area contributed by atoms with E-state index < -0.39 is 56.1 Å². The summed E-state index contributed by atoms with van der Waals surface area (Å²) < 4.78 is 65.4. The van der Waals surface area contributed by atoms with Crippen molar-refractivity contribution in [2.75, 3.05) is 13.2 Å². The number of rotatable bonds is 8. The van der Waals surface area contributed by atoms with Gasteiger partial charge < -0.3 is 14.6 Å². The second-order valence-corrected chi connectivity index (χ2v) is 17.6. The average molecular weight is 832 g/mol. The number of nitrogens with zero attached hydrogens (tertiary/aromatic N) is 2. The topological polar surface area (TPSA) is 182 Å². The molecule has 5 atom stereocenters. The maximum absolute atomic E-state index is 13.2. The summed E-state index contributed by atoms with van der Waals surface area (Å²) in [5, 5.41) is 10.4. The van der Waals surface area contributed by atoms with E-state index in [-0.39, 0.29) is 99.0 Å². The van der Waals surface area contributed by atoms with Gasteiger partial charge in [0.1, 0.15) is 5.78 Å². The van der Waals surface area contributed by atoms with Gasteiger partial charge in [0.25, 0.3) is 0 Å². The Hall–Kier alpha value is -3.34. The van der Waals surface area contributed by atoms with Crippen molar-refractivity contribution in [3.05, 3.63) is 70.4 Å². The molecule has 0 amide bonds. The zero-order valence-corrected chi connectivity index (χ0v) is 31.7. The number of sulfonamides is 2. The van der Waals surface area contributed by atoms with E-state index in [4.69, 9.17) is 32.7 Å². The summed E-state index contributed by atoms with van der Waals surface area (Å²) >= 11 is 11.7. The lowest BCUT2D eigenvalue weighted by atomic mass is 9.77. The minimum atomic E-state index is -3.95. The number of ether oxygens (including phenoxy) is 2. The van der Waals surface area contributed by atoms with Crippen LogP contribution in [-0.4, -0.2) is 91.4 Å². The van der Waals surface area contributed by atoms with Crippen LogP contribution in [0, 0.1) is 11.8 Å². The highest BCUT2D eigenvalue weighted by atomic mass is 35.5. The third-order valence-electron chi connectivity index (χ3n) is 9.75. The largest absolute Gasteiger partial charge is 0.515 e. The van der Waals surface area contributed by atoms with E-state index in [0.717, 1.165) is 0 Å². The van der Waals surface area contributed by atoms with E-state index in [1.807, 2.05) is 0 Å². The van der Waals surface area contributed by atoms with Crippen molar-refractivity contribution in [1.82, 2.24) is 8.61 Å². The van der Waals surface area contributed by atoms with E-state index in [1.54, 1.807) is 13.8 Å². The first-order valence-corrected chi connectivity index (χ1v) is 20.6. The lowest BCUT2D eigenvalue weighted by molar-refractivity contribution is -0.152. The third-order valence-corrected chi connectivity index (χ3v) is 14.2. The number of hydrogen-bond donors (Lipinski definition) is 1. The zero-order chi connectivity index (χ0) is 38.0. The van der Waals surface area contributed by atoms with Crippen molar-refractivity contribution < 1.29 is 50.6 Å². The molecule has 0 aliphatic carbocycles. The number of aliphatic hydroxyl groups is 1. The quantitative estimate of drug-likeness (QED) is 0.184. The third kappa shape index (κ3) is 9.36. The molecule has 298 valence electrons. The summed E-state index contributed by atoms with van der Waals surface area (Å²) in [6.45, 7) is 3.94. The number of carbonyl (C=O) groups is 4. The highest BCUT2D eigenvalue weighted by Crippen LogP contribution is 2.43. The fraction of sp³-hybridized carbons (Fsp3) is 0.514. The molecule has 0 radical (unpaired) electrons. The number of esters is 2. The van der Waals surface area contributed by atoms with Crippen molar-refractivity contribution in [2.24, 2.45) is 11.8 Å². The first kappa shape index (κ1) is 45.1. The van der Waals surface area contributed by atoms with Crippen LogP contribution in [0.1, 0.15) is 73.6 Å². The lowest BCUT2D eigenvalue weighted by Gasteiger charge is -2.46. The van der Waals surface area contributed by atoms with Gasteiger partial charge in [0, 0.05) is 53.0 Å². The smallest absolute Gasteiger partial charge is 0.309 e. The molecule has 0 saturated carbocycles. The summed E-state index contributed by atoms with van der Waals surface area (Å²) in [4.78, 5) is 48.8. The van der Waals surface area contributed by atoms with Crippen molar-refractivity contribution in [2.45, 2.75) is 108 Å². The van der Waals surface area contributed by atoms with E-state index in [2.05, 4.69) is 0 Å². The van der Waals surface area contributed by atoms with Crippen molar-refractivity contribution in [3.8, 4) is 0 Å². The molecule has 4 aliphatic rings. The van der Waals surface area contributed by atoms with Gasteiger partial charge in [-0.1, -0.05) is 38.1 Å². The monoisotopic (exact) mass is 830 g/mol. The molecule has 6 rings (SSSR count). The van der Waals surface area contributed by atoms with Gasteiger partial charge in [-0.2, -0.15) is 8.61 Å². The first-order chi connectivity index (χ1) is 24.6. The molecule has 5 unspecified atom stereocenters. The Kier molecular flexibility index (Phi) is 15.5. The summed E-state index contributed by atoms with van der Waals surface area (Å²) in [7, 11) is -7.70. The molecule has 4 heterocycles. The van der Waals surface area contributed by atoms with Crippen LogP contribution in [0.25, 0.3) is 0 Å². The van der Waals surface area contributed by atoms with Gasteiger partial charge in [-0.05, 0) is 88.1 Å². The molecule has 4 aliphatic heterocycles. The molecule has 17 heteroatoms. The molecular weight excluding hydrogens is 783 g/mol. The number of aliphatic hydroxyl groups excluding tert-OH is 1. The molecule has 0 aromatic heterocycles. The molecule has 2 aromatic carbocycles. The fourth-order valence-corrected chi connectivity index (χ4v) is 11.5. The number of hydrogen-bond acceptors (Lipinski definition) is 11. The Balaban J connectivity index is 0.000000281. The molecule has 0 spiro atoms. The summed E-state index contributed by atoms with van der Waals surface area (Å²) in [6, 6.07) is 9.14.